The number of amides is 2. The fourth-order valence-corrected chi connectivity index (χ4v) is 4.48. The number of aliphatic carboxylic acids is 1. The van der Waals surface area contributed by atoms with Crippen LogP contribution in [0.2, 0.25) is 0 Å². The molecule has 3 rings (SSSR count). The van der Waals surface area contributed by atoms with Crippen LogP contribution in [0, 0.1) is 5.92 Å². The minimum Gasteiger partial charge on any atom is -0.481 e. The van der Waals surface area contributed by atoms with Crippen LogP contribution in [0.3, 0.4) is 0 Å². The third-order valence-electron chi connectivity index (χ3n) is 4.58. The number of rotatable bonds is 4. The van der Waals surface area contributed by atoms with E-state index in [2.05, 4.69) is 0 Å². The number of carboxylic acids is 1. The highest BCUT2D eigenvalue weighted by atomic mass is 32.2. The van der Waals surface area contributed by atoms with Crippen LogP contribution in [-0.2, 0) is 9.59 Å². The number of hydrogen-bond acceptors (Lipinski definition) is 4. The Balaban J connectivity index is 1.58. The minimum absolute atomic E-state index is 0.00551. The highest BCUT2D eigenvalue weighted by Crippen LogP contribution is 2.42. The first kappa shape index (κ1) is 13.7. The van der Waals surface area contributed by atoms with Crippen molar-refractivity contribution in [3.8, 4) is 0 Å². The maximum Gasteiger partial charge on any atom is 0.308 e. The lowest BCUT2D eigenvalue weighted by molar-refractivity contribution is -0.143. The van der Waals surface area contributed by atoms with Crippen molar-refractivity contribution in [3.63, 3.8) is 0 Å². The second kappa shape index (κ2) is 5.27. The zero-order valence-corrected chi connectivity index (χ0v) is 12.0. The quantitative estimate of drug-likeness (QED) is 0.838. The van der Waals surface area contributed by atoms with Crippen LogP contribution in [0.5, 0.6) is 0 Å². The molecule has 110 valence electrons. The molecule has 6 nitrogen and oxygen atoms in total. The van der Waals surface area contributed by atoms with E-state index < -0.39 is 11.9 Å². The maximum atomic E-state index is 12.3. The zero-order valence-electron chi connectivity index (χ0n) is 11.2. The number of carbonyl (C=O) groups is 3. The summed E-state index contributed by atoms with van der Waals surface area (Å²) in [6.45, 7) is 1.17. The van der Waals surface area contributed by atoms with Gasteiger partial charge >= 0.3 is 5.97 Å². The topological polar surface area (TPSA) is 77.9 Å². The van der Waals surface area contributed by atoms with Crippen LogP contribution in [0.4, 0.5) is 4.79 Å². The Labute approximate surface area is 121 Å². The molecule has 3 unspecified atom stereocenters. The molecule has 20 heavy (non-hydrogen) atoms. The summed E-state index contributed by atoms with van der Waals surface area (Å²) >= 11 is 1.29. The Morgan fingerprint density at radius 3 is 2.75 bits per heavy atom. The largest absolute Gasteiger partial charge is 0.481 e. The lowest BCUT2D eigenvalue weighted by Crippen LogP contribution is -2.39. The average molecular weight is 298 g/mol. The van der Waals surface area contributed by atoms with Crippen molar-refractivity contribution < 1.29 is 19.5 Å². The van der Waals surface area contributed by atoms with E-state index in [4.69, 9.17) is 0 Å². The van der Waals surface area contributed by atoms with Gasteiger partial charge in [-0.25, -0.2) is 0 Å². The van der Waals surface area contributed by atoms with Crippen LogP contribution >= 0.6 is 11.8 Å². The van der Waals surface area contributed by atoms with Gasteiger partial charge in [-0.05, 0) is 19.3 Å². The van der Waals surface area contributed by atoms with Gasteiger partial charge in [0.1, 0.15) is 0 Å². The summed E-state index contributed by atoms with van der Waals surface area (Å²) < 4.78 is 0. The Morgan fingerprint density at radius 2 is 2.15 bits per heavy atom. The summed E-state index contributed by atoms with van der Waals surface area (Å²) in [6.07, 6.45) is 2.61. The summed E-state index contributed by atoms with van der Waals surface area (Å²) in [6, 6.07) is -0.0362. The van der Waals surface area contributed by atoms with Gasteiger partial charge in [-0.2, -0.15) is 0 Å². The predicted molar refractivity (Wildman–Crippen MR) is 73.4 cm³/mol. The van der Waals surface area contributed by atoms with E-state index in [1.54, 1.807) is 9.80 Å². The van der Waals surface area contributed by atoms with E-state index in [-0.39, 0.29) is 23.2 Å². The smallest absolute Gasteiger partial charge is 0.308 e. The van der Waals surface area contributed by atoms with Crippen LogP contribution in [-0.4, -0.2) is 62.9 Å². The third kappa shape index (κ3) is 2.28. The first-order chi connectivity index (χ1) is 9.58. The van der Waals surface area contributed by atoms with Crippen LogP contribution in [0.15, 0.2) is 0 Å². The standard InChI is InChI=1S/C13H18N2O4S/c16-11(3-4-14-5-6-20-13(14)19)15-8-1-2-10(15)9(7-8)12(17)18/h8-10H,1-7H2,(H,17,18). The summed E-state index contributed by atoms with van der Waals surface area (Å²) in [7, 11) is 0. The number of carboxylic acid groups (broad SMARTS) is 1. The summed E-state index contributed by atoms with van der Waals surface area (Å²) in [5.74, 6) is -0.392. The first-order valence-corrected chi connectivity index (χ1v) is 8.02. The van der Waals surface area contributed by atoms with Gasteiger partial charge in [-0.15, -0.1) is 0 Å². The van der Waals surface area contributed by atoms with Crippen molar-refractivity contribution in [1.29, 1.82) is 0 Å². The molecule has 2 amide bonds. The van der Waals surface area contributed by atoms with Crippen molar-refractivity contribution in [1.82, 2.24) is 9.80 Å². The fourth-order valence-electron chi connectivity index (χ4n) is 3.63. The second-order valence-corrected chi connectivity index (χ2v) is 6.68. The van der Waals surface area contributed by atoms with E-state index in [0.717, 1.165) is 18.6 Å². The van der Waals surface area contributed by atoms with Crippen molar-refractivity contribution in [2.75, 3.05) is 18.8 Å². The van der Waals surface area contributed by atoms with E-state index >= 15 is 0 Å². The normalized spacial score (nSPS) is 32.2. The summed E-state index contributed by atoms with van der Waals surface area (Å²) in [5.41, 5.74) is 0. The molecule has 0 radical (unpaired) electrons. The molecule has 1 N–H and O–H groups in total. The lowest BCUT2D eigenvalue weighted by atomic mass is 9.89. The SMILES string of the molecule is O=C(O)C1CC2CCC1N2C(=O)CCN1CCSC1=O. The van der Waals surface area contributed by atoms with Crippen molar-refractivity contribution >= 4 is 28.9 Å². The molecule has 0 saturated carbocycles. The number of nitrogens with zero attached hydrogens (tertiary/aromatic N) is 2. The molecule has 3 aliphatic heterocycles. The molecule has 3 atom stereocenters. The second-order valence-electron chi connectivity index (χ2n) is 5.63. The molecule has 2 bridgehead atoms. The molecule has 3 heterocycles. The number of thioether (sulfide) groups is 1. The van der Waals surface area contributed by atoms with Gasteiger partial charge in [-0.3, -0.25) is 14.4 Å². The van der Waals surface area contributed by atoms with Gasteiger partial charge in [-0.1, -0.05) is 11.8 Å². The maximum absolute atomic E-state index is 12.3. The van der Waals surface area contributed by atoms with E-state index in [1.807, 2.05) is 0 Å². The molecule has 3 fully saturated rings. The van der Waals surface area contributed by atoms with E-state index in [1.165, 1.54) is 11.8 Å². The predicted octanol–water partition coefficient (Wildman–Crippen LogP) is 1.01. The Morgan fingerprint density at radius 1 is 1.35 bits per heavy atom. The van der Waals surface area contributed by atoms with Crippen LogP contribution in [0.25, 0.3) is 0 Å². The monoisotopic (exact) mass is 298 g/mol. The molecule has 3 saturated heterocycles. The van der Waals surface area contributed by atoms with Crippen LogP contribution in [0.1, 0.15) is 25.7 Å². The third-order valence-corrected chi connectivity index (χ3v) is 5.47. The lowest BCUT2D eigenvalue weighted by Gasteiger charge is -2.24. The molecule has 0 aromatic carbocycles. The number of fused-ring (bicyclic) bond motifs is 2. The van der Waals surface area contributed by atoms with Crippen molar-refractivity contribution in [2.45, 2.75) is 37.8 Å². The zero-order chi connectivity index (χ0) is 14.3. The molecular formula is C13H18N2O4S. The highest BCUT2D eigenvalue weighted by Gasteiger charge is 2.51. The Kier molecular flexibility index (Phi) is 3.62. The molecular weight excluding hydrogens is 280 g/mol. The van der Waals surface area contributed by atoms with Gasteiger partial charge in [0.15, 0.2) is 0 Å². The van der Waals surface area contributed by atoms with Gasteiger partial charge in [0, 0.05) is 37.3 Å². The fraction of sp³-hybridized carbons (Fsp3) is 0.769. The van der Waals surface area contributed by atoms with Crippen molar-refractivity contribution in [2.24, 2.45) is 5.92 Å². The van der Waals surface area contributed by atoms with Gasteiger partial charge in [0.05, 0.1) is 5.92 Å². The molecule has 3 aliphatic rings. The van der Waals surface area contributed by atoms with Crippen molar-refractivity contribution in [3.05, 3.63) is 0 Å². The molecule has 0 spiro atoms. The van der Waals surface area contributed by atoms with Gasteiger partial charge in [0.25, 0.3) is 5.24 Å². The van der Waals surface area contributed by atoms with E-state index in [0.29, 0.717) is 25.9 Å². The first-order valence-electron chi connectivity index (χ1n) is 7.03. The highest BCUT2D eigenvalue weighted by molar-refractivity contribution is 8.13. The number of hydrogen-bond donors (Lipinski definition) is 1. The molecule has 0 aliphatic carbocycles. The molecule has 0 aromatic heterocycles. The number of carbonyl (C=O) groups excluding carboxylic acids is 2. The molecule has 0 aromatic rings. The Bertz CT molecular complexity index is 456. The van der Waals surface area contributed by atoms with E-state index in [9.17, 15) is 19.5 Å². The van der Waals surface area contributed by atoms with Gasteiger partial charge < -0.3 is 14.9 Å². The average Bonchev–Trinajstić information content (AvgIpc) is 3.09. The van der Waals surface area contributed by atoms with Crippen LogP contribution < -0.4 is 0 Å². The summed E-state index contributed by atoms with van der Waals surface area (Å²) in [5, 5.41) is 9.23. The van der Waals surface area contributed by atoms with Gasteiger partial charge in [0.2, 0.25) is 5.91 Å². The Hall–Kier alpha value is -1.24. The molecule has 7 heteroatoms. The summed E-state index contributed by atoms with van der Waals surface area (Å²) in [4.78, 5) is 38.5. The minimum atomic E-state index is -0.791.